The SMILES string of the molecule is CCC(N)c1cccc(-c2cc(F)c(F)cc2Cl)c1. The molecule has 0 saturated carbocycles. The minimum absolute atomic E-state index is 0.0796. The zero-order valence-electron chi connectivity index (χ0n) is 10.5. The van der Waals surface area contributed by atoms with Crippen molar-refractivity contribution in [1.29, 1.82) is 0 Å². The van der Waals surface area contributed by atoms with Crippen LogP contribution in [0.5, 0.6) is 0 Å². The first-order chi connectivity index (χ1) is 9.02. The molecule has 1 unspecified atom stereocenters. The number of hydrogen-bond donors (Lipinski definition) is 1. The normalized spacial score (nSPS) is 12.5. The van der Waals surface area contributed by atoms with Crippen LogP contribution in [-0.4, -0.2) is 0 Å². The van der Waals surface area contributed by atoms with Gasteiger partial charge in [0.05, 0.1) is 5.02 Å². The van der Waals surface area contributed by atoms with Crippen molar-refractivity contribution in [2.75, 3.05) is 0 Å². The highest BCUT2D eigenvalue weighted by molar-refractivity contribution is 6.33. The summed E-state index contributed by atoms with van der Waals surface area (Å²) in [7, 11) is 0. The van der Waals surface area contributed by atoms with Crippen molar-refractivity contribution in [1.82, 2.24) is 0 Å². The maximum absolute atomic E-state index is 13.3. The lowest BCUT2D eigenvalue weighted by molar-refractivity contribution is 0.509. The van der Waals surface area contributed by atoms with Crippen LogP contribution in [-0.2, 0) is 0 Å². The summed E-state index contributed by atoms with van der Waals surface area (Å²) >= 11 is 5.96. The van der Waals surface area contributed by atoms with Crippen LogP contribution in [0.4, 0.5) is 8.78 Å². The van der Waals surface area contributed by atoms with E-state index in [0.29, 0.717) is 5.56 Å². The van der Waals surface area contributed by atoms with Crippen molar-refractivity contribution in [2.45, 2.75) is 19.4 Å². The average Bonchev–Trinajstić information content (AvgIpc) is 2.42. The fourth-order valence-corrected chi connectivity index (χ4v) is 2.18. The molecule has 0 amide bonds. The molecular weight excluding hydrogens is 268 g/mol. The van der Waals surface area contributed by atoms with Crippen LogP contribution in [0.3, 0.4) is 0 Å². The van der Waals surface area contributed by atoms with Crippen molar-refractivity contribution in [2.24, 2.45) is 5.73 Å². The molecule has 0 fully saturated rings. The van der Waals surface area contributed by atoms with Crippen molar-refractivity contribution in [3.8, 4) is 11.1 Å². The minimum atomic E-state index is -0.949. The Balaban J connectivity index is 2.50. The first-order valence-corrected chi connectivity index (χ1v) is 6.41. The molecule has 4 heteroatoms. The van der Waals surface area contributed by atoms with E-state index in [0.717, 1.165) is 29.7 Å². The van der Waals surface area contributed by atoms with Crippen LogP contribution in [0.1, 0.15) is 24.9 Å². The van der Waals surface area contributed by atoms with Crippen LogP contribution < -0.4 is 5.73 Å². The van der Waals surface area contributed by atoms with E-state index in [-0.39, 0.29) is 11.1 Å². The largest absolute Gasteiger partial charge is 0.324 e. The van der Waals surface area contributed by atoms with Crippen LogP contribution in [0, 0.1) is 11.6 Å². The van der Waals surface area contributed by atoms with Gasteiger partial charge in [0.15, 0.2) is 11.6 Å². The molecule has 0 spiro atoms. The van der Waals surface area contributed by atoms with Crippen LogP contribution in [0.2, 0.25) is 5.02 Å². The van der Waals surface area contributed by atoms with E-state index in [1.807, 2.05) is 25.1 Å². The molecule has 19 heavy (non-hydrogen) atoms. The van der Waals surface area contributed by atoms with Crippen molar-refractivity contribution in [3.05, 3.63) is 58.6 Å². The highest BCUT2D eigenvalue weighted by Crippen LogP contribution is 2.31. The summed E-state index contributed by atoms with van der Waals surface area (Å²) in [6.45, 7) is 1.99. The molecular formula is C15H14ClF2N. The number of benzene rings is 2. The molecule has 0 radical (unpaired) electrons. The van der Waals surface area contributed by atoms with Gasteiger partial charge in [0, 0.05) is 11.6 Å². The van der Waals surface area contributed by atoms with Gasteiger partial charge in [-0.3, -0.25) is 0 Å². The maximum Gasteiger partial charge on any atom is 0.160 e. The molecule has 2 aromatic carbocycles. The van der Waals surface area contributed by atoms with Gasteiger partial charge in [-0.15, -0.1) is 0 Å². The Kier molecular flexibility index (Phi) is 4.17. The Morgan fingerprint density at radius 2 is 1.84 bits per heavy atom. The maximum atomic E-state index is 13.3. The monoisotopic (exact) mass is 281 g/mol. The standard InChI is InChI=1S/C15H14ClF2N/c1-2-15(19)10-5-3-4-9(6-10)11-7-13(17)14(18)8-12(11)16/h3-8,15H,2,19H2,1H3. The summed E-state index contributed by atoms with van der Waals surface area (Å²) in [6, 6.07) is 9.40. The third kappa shape index (κ3) is 2.94. The smallest absolute Gasteiger partial charge is 0.160 e. The second kappa shape index (κ2) is 5.68. The summed E-state index contributed by atoms with van der Waals surface area (Å²) in [4.78, 5) is 0. The van der Waals surface area contributed by atoms with Gasteiger partial charge in [-0.05, 0) is 35.7 Å². The first kappa shape index (κ1) is 14.0. The predicted octanol–water partition coefficient (Wildman–Crippen LogP) is 4.70. The summed E-state index contributed by atoms with van der Waals surface area (Å²) in [5.74, 6) is -1.86. The number of nitrogens with two attached hydrogens (primary N) is 1. The van der Waals surface area contributed by atoms with E-state index in [2.05, 4.69) is 0 Å². The number of rotatable bonds is 3. The van der Waals surface area contributed by atoms with Crippen LogP contribution in [0.25, 0.3) is 11.1 Å². The van der Waals surface area contributed by atoms with Crippen molar-refractivity contribution < 1.29 is 8.78 Å². The second-order valence-electron chi connectivity index (χ2n) is 4.39. The van der Waals surface area contributed by atoms with Gasteiger partial charge in [-0.1, -0.05) is 36.7 Å². The van der Waals surface area contributed by atoms with E-state index < -0.39 is 11.6 Å². The predicted molar refractivity (Wildman–Crippen MR) is 74.0 cm³/mol. The zero-order chi connectivity index (χ0) is 14.0. The van der Waals surface area contributed by atoms with E-state index in [9.17, 15) is 8.78 Å². The fraction of sp³-hybridized carbons (Fsp3) is 0.200. The minimum Gasteiger partial charge on any atom is -0.324 e. The lowest BCUT2D eigenvalue weighted by Gasteiger charge is -2.12. The van der Waals surface area contributed by atoms with Gasteiger partial charge in [0.2, 0.25) is 0 Å². The first-order valence-electron chi connectivity index (χ1n) is 6.03. The van der Waals surface area contributed by atoms with E-state index in [4.69, 9.17) is 17.3 Å². The molecule has 100 valence electrons. The molecule has 0 aliphatic heterocycles. The zero-order valence-corrected chi connectivity index (χ0v) is 11.2. The van der Waals surface area contributed by atoms with Crippen LogP contribution in [0.15, 0.2) is 36.4 Å². The molecule has 2 aromatic rings. The van der Waals surface area contributed by atoms with Gasteiger partial charge in [-0.2, -0.15) is 0 Å². The highest BCUT2D eigenvalue weighted by Gasteiger charge is 2.11. The Morgan fingerprint density at radius 1 is 1.16 bits per heavy atom. The number of halogens is 3. The van der Waals surface area contributed by atoms with E-state index in [1.165, 1.54) is 0 Å². The Bertz CT molecular complexity index is 599. The summed E-state index contributed by atoms with van der Waals surface area (Å²) in [5, 5.41) is 0.182. The molecule has 1 nitrogen and oxygen atoms in total. The van der Waals surface area contributed by atoms with E-state index in [1.54, 1.807) is 6.07 Å². The average molecular weight is 282 g/mol. The highest BCUT2D eigenvalue weighted by atomic mass is 35.5. The van der Waals surface area contributed by atoms with Crippen molar-refractivity contribution in [3.63, 3.8) is 0 Å². The lowest BCUT2D eigenvalue weighted by atomic mass is 9.98. The van der Waals surface area contributed by atoms with Crippen LogP contribution >= 0.6 is 11.6 Å². The topological polar surface area (TPSA) is 26.0 Å². The molecule has 0 saturated heterocycles. The molecule has 0 bridgehead atoms. The summed E-state index contributed by atoms with van der Waals surface area (Å²) < 4.78 is 26.4. The molecule has 0 aliphatic rings. The third-order valence-corrected chi connectivity index (χ3v) is 3.39. The molecule has 2 rings (SSSR count). The van der Waals surface area contributed by atoms with Crippen molar-refractivity contribution >= 4 is 11.6 Å². The molecule has 0 aromatic heterocycles. The number of hydrogen-bond acceptors (Lipinski definition) is 1. The van der Waals surface area contributed by atoms with Gasteiger partial charge in [-0.25, -0.2) is 8.78 Å². The van der Waals surface area contributed by atoms with Gasteiger partial charge >= 0.3 is 0 Å². The second-order valence-corrected chi connectivity index (χ2v) is 4.79. The molecule has 0 heterocycles. The van der Waals surface area contributed by atoms with Gasteiger partial charge in [0.25, 0.3) is 0 Å². The van der Waals surface area contributed by atoms with Gasteiger partial charge < -0.3 is 5.73 Å². The lowest BCUT2D eigenvalue weighted by Crippen LogP contribution is -2.08. The Hall–Kier alpha value is -1.45. The Morgan fingerprint density at radius 3 is 2.53 bits per heavy atom. The van der Waals surface area contributed by atoms with Gasteiger partial charge in [0.1, 0.15) is 0 Å². The third-order valence-electron chi connectivity index (χ3n) is 3.08. The fourth-order valence-electron chi connectivity index (χ4n) is 1.92. The molecule has 2 N–H and O–H groups in total. The van der Waals surface area contributed by atoms with E-state index >= 15 is 0 Å². The quantitative estimate of drug-likeness (QED) is 0.811. The Labute approximate surface area is 116 Å². The summed E-state index contributed by atoms with van der Waals surface area (Å²) in [6.07, 6.45) is 0.801. The summed E-state index contributed by atoms with van der Waals surface area (Å²) in [5.41, 5.74) is 8.10. The molecule has 1 atom stereocenters. The molecule has 0 aliphatic carbocycles.